The van der Waals surface area contributed by atoms with Gasteiger partial charge in [-0.1, -0.05) is 72.7 Å². The first-order chi connectivity index (χ1) is 13.3. The Balaban J connectivity index is 2.36. The van der Waals surface area contributed by atoms with E-state index in [4.69, 9.17) is 11.6 Å². The lowest BCUT2D eigenvalue weighted by molar-refractivity contribution is 0.482. The highest BCUT2D eigenvalue weighted by molar-refractivity contribution is 8.04. The molecule has 0 saturated heterocycles. The quantitative estimate of drug-likeness (QED) is 0.374. The van der Waals surface area contributed by atoms with Crippen LogP contribution in [-0.4, -0.2) is 32.5 Å². The molecule has 0 spiro atoms. The van der Waals surface area contributed by atoms with Crippen LogP contribution in [0.15, 0.2) is 70.5 Å². The molecular weight excluding hydrogens is 418 g/mol. The van der Waals surface area contributed by atoms with Crippen LogP contribution in [0.3, 0.4) is 0 Å². The molecule has 2 aromatic rings. The molecule has 0 bridgehead atoms. The minimum atomic E-state index is -4.28. The van der Waals surface area contributed by atoms with Gasteiger partial charge < -0.3 is 0 Å². The lowest BCUT2D eigenvalue weighted by atomic mass is 10.1. The van der Waals surface area contributed by atoms with Crippen LogP contribution in [0.25, 0.3) is 0 Å². The third kappa shape index (κ3) is 5.80. The highest BCUT2D eigenvalue weighted by Crippen LogP contribution is 2.26. The SMILES string of the molecule is CCCCCCC(Cl)CN(S(=O)(=O)c1ccccc1)S(=O)(=O)c1ccccc1. The number of rotatable bonds is 11. The normalized spacial score (nSPS) is 13.5. The van der Waals surface area contributed by atoms with Crippen molar-refractivity contribution < 1.29 is 16.8 Å². The number of hydrogen-bond acceptors (Lipinski definition) is 4. The molecule has 8 heteroatoms. The molecular formula is C20H26ClNO4S2. The summed E-state index contributed by atoms with van der Waals surface area (Å²) in [6, 6.07) is 15.1. The fourth-order valence-corrected chi connectivity index (χ4v) is 7.02. The molecule has 2 aromatic carbocycles. The van der Waals surface area contributed by atoms with Crippen molar-refractivity contribution in [1.29, 1.82) is 0 Å². The van der Waals surface area contributed by atoms with E-state index in [1.807, 2.05) is 0 Å². The van der Waals surface area contributed by atoms with Crippen LogP contribution >= 0.6 is 11.6 Å². The van der Waals surface area contributed by atoms with E-state index >= 15 is 0 Å². The van der Waals surface area contributed by atoms with Crippen LogP contribution in [0, 0.1) is 0 Å². The molecule has 5 nitrogen and oxygen atoms in total. The molecule has 28 heavy (non-hydrogen) atoms. The first-order valence-corrected chi connectivity index (χ1v) is 12.6. The third-order valence-electron chi connectivity index (χ3n) is 4.34. The minimum Gasteiger partial charge on any atom is -0.206 e. The van der Waals surface area contributed by atoms with Crippen LogP contribution in [0.5, 0.6) is 0 Å². The van der Waals surface area contributed by atoms with Gasteiger partial charge in [0.15, 0.2) is 0 Å². The highest BCUT2D eigenvalue weighted by Gasteiger charge is 2.37. The van der Waals surface area contributed by atoms with Crippen molar-refractivity contribution in [2.75, 3.05) is 6.54 Å². The number of sulfonamides is 2. The Morgan fingerprint density at radius 1 is 0.786 bits per heavy atom. The van der Waals surface area contributed by atoms with Crippen molar-refractivity contribution in [3.63, 3.8) is 0 Å². The first-order valence-electron chi connectivity index (χ1n) is 9.32. The van der Waals surface area contributed by atoms with Crippen molar-refractivity contribution >= 4 is 31.6 Å². The molecule has 0 aromatic heterocycles. The average molecular weight is 444 g/mol. The highest BCUT2D eigenvalue weighted by atomic mass is 35.5. The molecule has 0 heterocycles. The Kier molecular flexibility index (Phi) is 8.49. The summed E-state index contributed by atoms with van der Waals surface area (Å²) in [7, 11) is -8.55. The van der Waals surface area contributed by atoms with Crippen molar-refractivity contribution in [1.82, 2.24) is 3.71 Å². The lowest BCUT2D eigenvalue weighted by Crippen LogP contribution is -2.40. The largest absolute Gasteiger partial charge is 0.256 e. The fourth-order valence-electron chi connectivity index (χ4n) is 2.79. The van der Waals surface area contributed by atoms with Gasteiger partial charge in [-0.15, -0.1) is 11.6 Å². The number of halogens is 1. The van der Waals surface area contributed by atoms with Gasteiger partial charge in [-0.3, -0.25) is 0 Å². The van der Waals surface area contributed by atoms with Crippen molar-refractivity contribution in [3.8, 4) is 0 Å². The van der Waals surface area contributed by atoms with E-state index in [9.17, 15) is 16.8 Å². The summed E-state index contributed by atoms with van der Waals surface area (Å²) < 4.78 is 53.2. The fraction of sp³-hybridized carbons (Fsp3) is 0.400. The van der Waals surface area contributed by atoms with E-state index in [2.05, 4.69) is 6.92 Å². The predicted octanol–water partition coefficient (Wildman–Crippen LogP) is 4.64. The molecule has 0 aliphatic rings. The van der Waals surface area contributed by atoms with Gasteiger partial charge in [0.05, 0.1) is 9.79 Å². The molecule has 0 radical (unpaired) electrons. The van der Waals surface area contributed by atoms with Gasteiger partial charge in [0, 0.05) is 11.9 Å². The predicted molar refractivity (Wildman–Crippen MR) is 112 cm³/mol. The summed E-state index contributed by atoms with van der Waals surface area (Å²) in [4.78, 5) is -0.159. The maximum Gasteiger partial charge on any atom is 0.256 e. The summed E-state index contributed by atoms with van der Waals surface area (Å²) in [5.74, 6) is 0. The Morgan fingerprint density at radius 3 is 1.68 bits per heavy atom. The summed E-state index contributed by atoms with van der Waals surface area (Å²) in [6.07, 6.45) is 4.50. The Hall–Kier alpha value is -1.41. The molecule has 154 valence electrons. The van der Waals surface area contributed by atoms with Gasteiger partial charge in [0.2, 0.25) is 0 Å². The van der Waals surface area contributed by atoms with Gasteiger partial charge in [0.25, 0.3) is 20.0 Å². The van der Waals surface area contributed by atoms with Crippen LogP contribution in [-0.2, 0) is 20.0 Å². The Bertz CT molecular complexity index is 863. The Morgan fingerprint density at radius 2 is 1.25 bits per heavy atom. The first kappa shape index (κ1) is 22.9. The van der Waals surface area contributed by atoms with Crippen LogP contribution < -0.4 is 0 Å². The summed E-state index contributed by atoms with van der Waals surface area (Å²) in [6.45, 7) is 1.79. The van der Waals surface area contributed by atoms with Gasteiger partial charge in [-0.2, -0.15) is 0 Å². The van der Waals surface area contributed by atoms with E-state index in [1.54, 1.807) is 36.4 Å². The summed E-state index contributed by atoms with van der Waals surface area (Å²) in [5, 5.41) is -0.603. The molecule has 0 aliphatic carbocycles. The van der Waals surface area contributed by atoms with Gasteiger partial charge in [-0.25, -0.2) is 16.8 Å². The molecule has 1 unspecified atom stereocenters. The Labute approximate surface area is 173 Å². The smallest absolute Gasteiger partial charge is 0.206 e. The third-order valence-corrected chi connectivity index (χ3v) is 8.98. The topological polar surface area (TPSA) is 71.5 Å². The van der Waals surface area contributed by atoms with Crippen LogP contribution in [0.4, 0.5) is 0 Å². The number of nitrogens with zero attached hydrogens (tertiary/aromatic N) is 1. The lowest BCUT2D eigenvalue weighted by Gasteiger charge is -2.24. The van der Waals surface area contributed by atoms with Crippen molar-refractivity contribution in [3.05, 3.63) is 60.7 Å². The molecule has 0 saturated carbocycles. The molecule has 0 aliphatic heterocycles. The number of hydrogen-bond donors (Lipinski definition) is 0. The standard InChI is InChI=1S/C20H26ClNO4S2/c1-2-3-4-7-12-18(21)17-22(27(23,24)19-13-8-5-9-14-19)28(25,26)20-15-10-6-11-16-20/h5-6,8-11,13-16,18H,2-4,7,12,17H2,1H3. The van der Waals surface area contributed by atoms with E-state index in [1.165, 1.54) is 24.3 Å². The average Bonchev–Trinajstić information content (AvgIpc) is 2.70. The van der Waals surface area contributed by atoms with E-state index in [0.29, 0.717) is 10.1 Å². The molecule has 0 fully saturated rings. The van der Waals surface area contributed by atoms with E-state index in [-0.39, 0.29) is 16.3 Å². The van der Waals surface area contributed by atoms with Gasteiger partial charge in [0.1, 0.15) is 0 Å². The molecule has 2 rings (SSSR count). The van der Waals surface area contributed by atoms with Gasteiger partial charge in [-0.05, 0) is 30.7 Å². The van der Waals surface area contributed by atoms with Crippen molar-refractivity contribution in [2.45, 2.75) is 54.2 Å². The number of alkyl halides is 1. The zero-order chi connectivity index (χ0) is 20.6. The van der Waals surface area contributed by atoms with Crippen molar-refractivity contribution in [2.24, 2.45) is 0 Å². The number of benzene rings is 2. The molecule has 0 amide bonds. The monoisotopic (exact) mass is 443 g/mol. The van der Waals surface area contributed by atoms with Crippen LogP contribution in [0.1, 0.15) is 39.0 Å². The second-order valence-electron chi connectivity index (χ2n) is 6.54. The second-order valence-corrected chi connectivity index (χ2v) is 11.1. The molecule has 0 N–H and O–H groups in total. The minimum absolute atomic E-state index is 0.0793. The van der Waals surface area contributed by atoms with Gasteiger partial charge >= 0.3 is 0 Å². The summed E-state index contributed by atoms with van der Waals surface area (Å²) >= 11 is 6.37. The van der Waals surface area contributed by atoms with E-state index < -0.39 is 25.4 Å². The summed E-state index contributed by atoms with van der Waals surface area (Å²) in [5.41, 5.74) is 0. The maximum atomic E-state index is 13.2. The second kappa shape index (κ2) is 10.4. The zero-order valence-electron chi connectivity index (χ0n) is 15.9. The van der Waals surface area contributed by atoms with E-state index in [0.717, 1.165) is 25.7 Å². The number of unbranched alkanes of at least 4 members (excludes halogenated alkanes) is 3. The maximum absolute atomic E-state index is 13.2. The molecule has 1 atom stereocenters. The zero-order valence-corrected chi connectivity index (χ0v) is 18.3. The van der Waals surface area contributed by atoms with Crippen LogP contribution in [0.2, 0.25) is 0 Å².